The second-order valence-electron chi connectivity index (χ2n) is 3.51. The molecule has 6 heteroatoms. The van der Waals surface area contributed by atoms with Crippen LogP contribution in [0.1, 0.15) is 0 Å². The van der Waals surface area contributed by atoms with Gasteiger partial charge in [-0.05, 0) is 12.1 Å². The Morgan fingerprint density at radius 2 is 1.88 bits per heavy atom. The summed E-state index contributed by atoms with van der Waals surface area (Å²) in [7, 11) is 1.75. The lowest BCUT2D eigenvalue weighted by atomic mass is 10.3. The van der Waals surface area contributed by atoms with E-state index in [1.165, 1.54) is 0 Å². The van der Waals surface area contributed by atoms with Crippen LogP contribution in [0.25, 0.3) is 0 Å². The molecular formula is C11H13F3N2O. The highest BCUT2D eigenvalue weighted by molar-refractivity contribution is 5.81. The molecule has 1 N–H and O–H groups in total. The summed E-state index contributed by atoms with van der Waals surface area (Å²) in [5.74, 6) is -1.90. The highest BCUT2D eigenvalue weighted by Crippen LogP contribution is 2.14. The first kappa shape index (κ1) is 13.3. The van der Waals surface area contributed by atoms with Crippen molar-refractivity contribution in [2.24, 2.45) is 0 Å². The molecule has 0 atom stereocenters. The molecule has 0 unspecified atom stereocenters. The molecule has 94 valence electrons. The van der Waals surface area contributed by atoms with Crippen molar-refractivity contribution in [2.45, 2.75) is 6.18 Å². The fraction of sp³-hybridized carbons (Fsp3) is 0.364. The molecule has 17 heavy (non-hydrogen) atoms. The minimum atomic E-state index is -4.81. The van der Waals surface area contributed by atoms with E-state index in [9.17, 15) is 18.0 Å². The van der Waals surface area contributed by atoms with E-state index in [1.807, 2.05) is 35.6 Å². The van der Waals surface area contributed by atoms with Gasteiger partial charge in [-0.25, -0.2) is 0 Å². The van der Waals surface area contributed by atoms with E-state index in [0.717, 1.165) is 5.69 Å². The number of carbonyl (C=O) groups excluding carboxylic acids is 1. The molecule has 0 aromatic heterocycles. The number of nitrogens with one attached hydrogen (secondary N) is 1. The van der Waals surface area contributed by atoms with E-state index in [1.54, 1.807) is 11.9 Å². The van der Waals surface area contributed by atoms with Crippen LogP contribution in [0.3, 0.4) is 0 Å². The monoisotopic (exact) mass is 246 g/mol. The number of benzene rings is 1. The predicted molar refractivity (Wildman–Crippen MR) is 58.8 cm³/mol. The first-order valence-corrected chi connectivity index (χ1v) is 5.02. The van der Waals surface area contributed by atoms with Gasteiger partial charge in [0.2, 0.25) is 0 Å². The fourth-order valence-electron chi connectivity index (χ4n) is 1.25. The van der Waals surface area contributed by atoms with Gasteiger partial charge in [0.05, 0.1) is 0 Å². The van der Waals surface area contributed by atoms with Crippen LogP contribution in [0.5, 0.6) is 0 Å². The van der Waals surface area contributed by atoms with Crippen LogP contribution in [0.15, 0.2) is 30.3 Å². The van der Waals surface area contributed by atoms with Gasteiger partial charge in [0.1, 0.15) is 0 Å². The summed E-state index contributed by atoms with van der Waals surface area (Å²) < 4.78 is 35.6. The van der Waals surface area contributed by atoms with Gasteiger partial charge < -0.3 is 10.2 Å². The van der Waals surface area contributed by atoms with Gasteiger partial charge in [0.15, 0.2) is 0 Å². The normalized spacial score (nSPS) is 11.1. The largest absolute Gasteiger partial charge is 0.471 e. The topological polar surface area (TPSA) is 32.3 Å². The molecule has 0 radical (unpaired) electrons. The Morgan fingerprint density at radius 3 is 2.41 bits per heavy atom. The Kier molecular flexibility index (Phi) is 4.37. The minimum absolute atomic E-state index is 0.0518. The number of rotatable bonds is 4. The van der Waals surface area contributed by atoms with Crippen molar-refractivity contribution in [2.75, 3.05) is 25.0 Å². The third-order valence-electron chi connectivity index (χ3n) is 2.19. The van der Waals surface area contributed by atoms with Gasteiger partial charge >= 0.3 is 12.1 Å². The number of carbonyl (C=O) groups is 1. The molecule has 0 heterocycles. The van der Waals surface area contributed by atoms with Crippen LogP contribution in [0.4, 0.5) is 18.9 Å². The highest BCUT2D eigenvalue weighted by Gasteiger charge is 2.38. The zero-order valence-corrected chi connectivity index (χ0v) is 9.29. The molecule has 0 aliphatic heterocycles. The Hall–Kier alpha value is -1.72. The van der Waals surface area contributed by atoms with E-state index in [4.69, 9.17) is 0 Å². The SMILES string of the molecule is CN(CCNC(=O)C(F)(F)F)c1ccccc1. The summed E-state index contributed by atoms with van der Waals surface area (Å²) in [6.07, 6.45) is -4.81. The second kappa shape index (κ2) is 5.56. The van der Waals surface area contributed by atoms with Crippen molar-refractivity contribution >= 4 is 11.6 Å². The van der Waals surface area contributed by atoms with Crippen LogP contribution < -0.4 is 10.2 Å². The Balaban J connectivity index is 2.35. The number of halogens is 3. The van der Waals surface area contributed by atoms with Crippen LogP contribution in [-0.2, 0) is 4.79 Å². The van der Waals surface area contributed by atoms with E-state index < -0.39 is 12.1 Å². The second-order valence-corrected chi connectivity index (χ2v) is 3.51. The maximum absolute atomic E-state index is 11.9. The number of anilines is 1. The van der Waals surface area contributed by atoms with Gasteiger partial charge in [-0.3, -0.25) is 4.79 Å². The molecular weight excluding hydrogens is 233 g/mol. The average Bonchev–Trinajstić information content (AvgIpc) is 2.28. The van der Waals surface area contributed by atoms with Gasteiger partial charge in [-0.1, -0.05) is 18.2 Å². The van der Waals surface area contributed by atoms with E-state index in [-0.39, 0.29) is 6.54 Å². The van der Waals surface area contributed by atoms with E-state index in [0.29, 0.717) is 6.54 Å². The molecule has 0 spiro atoms. The number of amides is 1. The van der Waals surface area contributed by atoms with Gasteiger partial charge in [0, 0.05) is 25.8 Å². The molecule has 1 aromatic rings. The molecule has 0 aliphatic rings. The standard InChI is InChI=1S/C11H13F3N2O/c1-16(9-5-3-2-4-6-9)8-7-15-10(17)11(12,13)14/h2-6H,7-8H2,1H3,(H,15,17). The Labute approximate surface area is 97.2 Å². The molecule has 3 nitrogen and oxygen atoms in total. The smallest absolute Gasteiger partial charge is 0.373 e. The van der Waals surface area contributed by atoms with Crippen molar-refractivity contribution in [1.29, 1.82) is 0 Å². The lowest BCUT2D eigenvalue weighted by molar-refractivity contribution is -0.173. The zero-order chi connectivity index (χ0) is 12.9. The maximum Gasteiger partial charge on any atom is 0.471 e. The van der Waals surface area contributed by atoms with Crippen LogP contribution in [0, 0.1) is 0 Å². The quantitative estimate of drug-likeness (QED) is 0.878. The van der Waals surface area contributed by atoms with Crippen molar-refractivity contribution in [1.82, 2.24) is 5.32 Å². The Morgan fingerprint density at radius 1 is 1.29 bits per heavy atom. The third kappa shape index (κ3) is 4.34. The van der Waals surface area contributed by atoms with Crippen molar-refractivity contribution in [3.05, 3.63) is 30.3 Å². The zero-order valence-electron chi connectivity index (χ0n) is 9.29. The summed E-state index contributed by atoms with van der Waals surface area (Å²) in [6, 6.07) is 9.19. The molecule has 1 rings (SSSR count). The van der Waals surface area contributed by atoms with Gasteiger partial charge in [-0.15, -0.1) is 0 Å². The first-order valence-electron chi connectivity index (χ1n) is 5.02. The lowest BCUT2D eigenvalue weighted by Crippen LogP contribution is -2.40. The lowest BCUT2D eigenvalue weighted by Gasteiger charge is -2.19. The van der Waals surface area contributed by atoms with Crippen molar-refractivity contribution in [3.8, 4) is 0 Å². The molecule has 0 fully saturated rings. The van der Waals surface area contributed by atoms with Crippen LogP contribution in [0.2, 0.25) is 0 Å². The minimum Gasteiger partial charge on any atom is -0.373 e. The first-order chi connectivity index (χ1) is 7.91. The number of nitrogens with zero attached hydrogens (tertiary/aromatic N) is 1. The average molecular weight is 246 g/mol. The predicted octanol–water partition coefficient (Wildman–Crippen LogP) is 1.80. The summed E-state index contributed by atoms with van der Waals surface area (Å²) in [5.41, 5.74) is 0.883. The van der Waals surface area contributed by atoms with E-state index >= 15 is 0 Å². The fourth-order valence-corrected chi connectivity index (χ4v) is 1.25. The summed E-state index contributed by atoms with van der Waals surface area (Å²) in [4.78, 5) is 12.3. The molecule has 1 amide bonds. The van der Waals surface area contributed by atoms with Gasteiger partial charge in [-0.2, -0.15) is 13.2 Å². The highest BCUT2D eigenvalue weighted by atomic mass is 19.4. The third-order valence-corrected chi connectivity index (χ3v) is 2.19. The molecule has 0 bridgehead atoms. The van der Waals surface area contributed by atoms with E-state index in [2.05, 4.69) is 0 Å². The van der Waals surface area contributed by atoms with Gasteiger partial charge in [0.25, 0.3) is 0 Å². The summed E-state index contributed by atoms with van der Waals surface area (Å²) >= 11 is 0. The van der Waals surface area contributed by atoms with Crippen molar-refractivity contribution in [3.63, 3.8) is 0 Å². The molecule has 0 saturated heterocycles. The molecule has 1 aromatic carbocycles. The number of para-hydroxylation sites is 1. The molecule has 0 saturated carbocycles. The van der Waals surface area contributed by atoms with Crippen molar-refractivity contribution < 1.29 is 18.0 Å². The maximum atomic E-state index is 11.9. The number of alkyl halides is 3. The summed E-state index contributed by atoms with van der Waals surface area (Å²) in [6.45, 7) is 0.259. The Bertz CT molecular complexity index is 365. The number of hydrogen-bond acceptors (Lipinski definition) is 2. The number of hydrogen-bond donors (Lipinski definition) is 1. The van der Waals surface area contributed by atoms with Crippen LogP contribution >= 0.6 is 0 Å². The molecule has 0 aliphatic carbocycles. The van der Waals surface area contributed by atoms with Crippen LogP contribution in [-0.4, -0.2) is 32.2 Å². The number of likely N-dealkylation sites (N-methyl/N-ethyl adjacent to an activating group) is 1. The summed E-state index contributed by atoms with van der Waals surface area (Å²) in [5, 5.41) is 1.82.